The molecule has 43 heavy (non-hydrogen) atoms. The highest BCUT2D eigenvalue weighted by atomic mass is 16.3. The molecule has 8 rings (SSSR count). The number of hydrogen-bond acceptors (Lipinski definition) is 5. The minimum absolute atomic E-state index is 0.0883. The number of benzene rings is 1. The standard InChI is InChI=1S/C20H25NO2.C18H24O2/c1-19-8-6-16-15-5-3-14(22)12-13(15)2-4-17(16)18(19)7-9-20(19,23)10-11-21;1-18-9-8-14-13-5-3-12(19)10-11(13)2-4-15(14)16(18)6-7-17(18)20/h12,17-18,23H,2-10H2,1H3;3,5,10,14-17,19-20H,2,4,6-9H2,1H3/t17-,18+,19+,20-;14-,15-,16+,17+,18+/m11/s1. The number of nitriles is 1. The molecular weight excluding hydrogens is 534 g/mol. The van der Waals surface area contributed by atoms with Crippen molar-refractivity contribution in [2.75, 3.05) is 0 Å². The summed E-state index contributed by atoms with van der Waals surface area (Å²) in [6, 6.07) is 8.18. The van der Waals surface area contributed by atoms with E-state index in [0.29, 0.717) is 35.8 Å². The number of carbonyl (C=O) groups is 1. The van der Waals surface area contributed by atoms with Crippen LogP contribution in [0.3, 0.4) is 0 Å². The minimum Gasteiger partial charge on any atom is -0.508 e. The molecule has 0 bridgehead atoms. The first-order chi connectivity index (χ1) is 20.6. The van der Waals surface area contributed by atoms with E-state index in [9.17, 15) is 20.1 Å². The van der Waals surface area contributed by atoms with Gasteiger partial charge in [-0.1, -0.05) is 25.5 Å². The monoisotopic (exact) mass is 583 g/mol. The van der Waals surface area contributed by atoms with Crippen molar-refractivity contribution in [3.63, 3.8) is 0 Å². The molecule has 0 unspecified atom stereocenters. The van der Waals surface area contributed by atoms with E-state index in [2.05, 4.69) is 26.0 Å². The molecule has 0 aromatic heterocycles. The second-order valence-corrected chi connectivity index (χ2v) is 15.7. The van der Waals surface area contributed by atoms with Gasteiger partial charge in [-0.05, 0) is 159 Å². The number of phenolic OH excluding ortho intramolecular Hbond substituents is 1. The van der Waals surface area contributed by atoms with Crippen molar-refractivity contribution in [3.8, 4) is 11.8 Å². The molecule has 0 spiro atoms. The average molecular weight is 584 g/mol. The number of aliphatic hydroxyl groups is 2. The summed E-state index contributed by atoms with van der Waals surface area (Å²) in [5.74, 6) is 3.83. The third-order valence-corrected chi connectivity index (χ3v) is 14.1. The molecule has 0 heterocycles. The van der Waals surface area contributed by atoms with Crippen molar-refractivity contribution in [3.05, 3.63) is 52.1 Å². The molecule has 0 aliphatic heterocycles. The quantitative estimate of drug-likeness (QED) is 0.319. The molecule has 4 saturated carbocycles. The first kappa shape index (κ1) is 29.3. The summed E-state index contributed by atoms with van der Waals surface area (Å²) in [4.78, 5) is 11.7. The van der Waals surface area contributed by atoms with Crippen molar-refractivity contribution >= 4 is 5.78 Å². The Labute approximate surface area is 257 Å². The molecule has 1 aromatic carbocycles. The zero-order valence-corrected chi connectivity index (χ0v) is 26.1. The molecule has 9 atom stereocenters. The minimum atomic E-state index is -0.804. The predicted octanol–water partition coefficient (Wildman–Crippen LogP) is 7.45. The molecule has 0 saturated heterocycles. The molecular formula is C38H49NO4. The molecule has 7 aliphatic rings. The topological polar surface area (TPSA) is 102 Å². The van der Waals surface area contributed by atoms with E-state index in [1.807, 2.05) is 18.2 Å². The highest BCUT2D eigenvalue weighted by Gasteiger charge is 2.60. The Balaban J connectivity index is 0.000000141. The Morgan fingerprint density at radius 2 is 1.74 bits per heavy atom. The largest absolute Gasteiger partial charge is 0.508 e. The lowest BCUT2D eigenvalue weighted by Gasteiger charge is -2.51. The van der Waals surface area contributed by atoms with Crippen LogP contribution in [-0.4, -0.2) is 32.8 Å². The number of ketones is 1. The van der Waals surface area contributed by atoms with E-state index in [0.717, 1.165) is 70.1 Å². The molecule has 7 aliphatic carbocycles. The van der Waals surface area contributed by atoms with Crippen molar-refractivity contribution < 1.29 is 20.1 Å². The number of fused-ring (bicyclic) bond motifs is 9. The van der Waals surface area contributed by atoms with E-state index in [1.165, 1.54) is 41.5 Å². The Kier molecular flexibility index (Phi) is 7.22. The summed E-state index contributed by atoms with van der Waals surface area (Å²) >= 11 is 0. The Hall–Kier alpha value is -2.42. The summed E-state index contributed by atoms with van der Waals surface area (Å²) in [6.07, 6.45) is 16.4. The number of aryl methyl sites for hydroxylation is 1. The van der Waals surface area contributed by atoms with Crippen LogP contribution in [0.4, 0.5) is 0 Å². The van der Waals surface area contributed by atoms with Crippen LogP contribution in [0, 0.1) is 45.8 Å². The Morgan fingerprint density at radius 1 is 0.907 bits per heavy atom. The van der Waals surface area contributed by atoms with Gasteiger partial charge < -0.3 is 15.3 Å². The fourth-order valence-electron chi connectivity index (χ4n) is 11.6. The van der Waals surface area contributed by atoms with Gasteiger partial charge in [-0.15, -0.1) is 0 Å². The fourth-order valence-corrected chi connectivity index (χ4v) is 11.6. The normalized spacial score (nSPS) is 42.6. The van der Waals surface area contributed by atoms with Gasteiger partial charge in [0.15, 0.2) is 5.78 Å². The van der Waals surface area contributed by atoms with Crippen molar-refractivity contribution in [2.24, 2.45) is 34.5 Å². The lowest BCUT2D eigenvalue weighted by atomic mass is 9.54. The second kappa shape index (κ2) is 10.6. The zero-order valence-electron chi connectivity index (χ0n) is 26.1. The summed E-state index contributed by atoms with van der Waals surface area (Å²) in [6.45, 7) is 4.54. The summed E-state index contributed by atoms with van der Waals surface area (Å²) in [5, 5.41) is 40.3. The van der Waals surface area contributed by atoms with Gasteiger partial charge in [0.2, 0.25) is 0 Å². The first-order valence-corrected chi connectivity index (χ1v) is 17.1. The highest BCUT2D eigenvalue weighted by Crippen LogP contribution is 2.64. The Morgan fingerprint density at radius 3 is 2.56 bits per heavy atom. The Bertz CT molecular complexity index is 1420. The number of rotatable bonds is 1. The molecule has 1 aromatic rings. The number of aromatic hydroxyl groups is 1. The lowest BCUT2D eigenvalue weighted by Crippen LogP contribution is -2.49. The molecule has 4 fully saturated rings. The predicted molar refractivity (Wildman–Crippen MR) is 166 cm³/mol. The van der Waals surface area contributed by atoms with Crippen molar-refractivity contribution in [1.29, 1.82) is 5.26 Å². The van der Waals surface area contributed by atoms with Crippen LogP contribution in [0.15, 0.2) is 41.0 Å². The van der Waals surface area contributed by atoms with Gasteiger partial charge in [0, 0.05) is 11.8 Å². The lowest BCUT2D eigenvalue weighted by molar-refractivity contribution is -0.114. The first-order valence-electron chi connectivity index (χ1n) is 17.1. The van der Waals surface area contributed by atoms with Crippen LogP contribution in [0.25, 0.3) is 0 Å². The smallest absolute Gasteiger partial charge is 0.156 e. The fraction of sp³-hybridized carbons (Fsp3) is 0.684. The van der Waals surface area contributed by atoms with Crippen LogP contribution in [0.5, 0.6) is 5.75 Å². The molecule has 3 N–H and O–H groups in total. The molecule has 0 radical (unpaired) electrons. The maximum atomic E-state index is 11.7. The van der Waals surface area contributed by atoms with Crippen LogP contribution in [-0.2, 0) is 11.2 Å². The number of allylic oxidation sites excluding steroid dienone is 4. The van der Waals surface area contributed by atoms with E-state index in [1.54, 1.807) is 5.57 Å². The molecule has 5 heteroatoms. The number of phenols is 1. The summed E-state index contributed by atoms with van der Waals surface area (Å²) < 4.78 is 0. The van der Waals surface area contributed by atoms with Crippen LogP contribution >= 0.6 is 0 Å². The summed E-state index contributed by atoms with van der Waals surface area (Å²) in [7, 11) is 0. The maximum absolute atomic E-state index is 11.7. The van der Waals surface area contributed by atoms with E-state index < -0.39 is 5.60 Å². The van der Waals surface area contributed by atoms with Crippen LogP contribution < -0.4 is 0 Å². The molecule has 0 amide bonds. The van der Waals surface area contributed by atoms with Crippen LogP contribution in [0.1, 0.15) is 121 Å². The SMILES string of the molecule is C[C@]12CCC3=C4CCC(=O)C=C4CC[C@H]3[C@@H]1CC[C@@]2(O)CC#N.C[C@]12CC[C@@H]3c4ccc(O)cc4CC[C@H]3[C@@H]1CC[C@@H]2O. The molecule has 5 nitrogen and oxygen atoms in total. The molecule has 230 valence electrons. The van der Waals surface area contributed by atoms with Crippen LogP contribution in [0.2, 0.25) is 0 Å². The number of aliphatic hydroxyl groups excluding tert-OH is 1. The van der Waals surface area contributed by atoms with Crippen molar-refractivity contribution in [2.45, 2.75) is 128 Å². The average Bonchev–Trinajstić information content (AvgIpc) is 3.44. The van der Waals surface area contributed by atoms with Gasteiger partial charge >= 0.3 is 0 Å². The number of nitrogens with zero attached hydrogens (tertiary/aromatic N) is 1. The van der Waals surface area contributed by atoms with Crippen molar-refractivity contribution in [1.82, 2.24) is 0 Å². The third kappa shape index (κ3) is 4.49. The third-order valence-electron chi connectivity index (χ3n) is 14.1. The van der Waals surface area contributed by atoms with Gasteiger partial charge in [-0.25, -0.2) is 0 Å². The van der Waals surface area contributed by atoms with Gasteiger partial charge in [-0.3, -0.25) is 4.79 Å². The maximum Gasteiger partial charge on any atom is 0.156 e. The van der Waals surface area contributed by atoms with E-state index in [-0.39, 0.29) is 29.1 Å². The van der Waals surface area contributed by atoms with Gasteiger partial charge in [0.25, 0.3) is 0 Å². The van der Waals surface area contributed by atoms with E-state index in [4.69, 9.17) is 5.26 Å². The van der Waals surface area contributed by atoms with Gasteiger partial charge in [0.05, 0.1) is 24.2 Å². The van der Waals surface area contributed by atoms with Gasteiger partial charge in [0.1, 0.15) is 5.75 Å². The highest BCUT2D eigenvalue weighted by molar-refractivity contribution is 5.93. The van der Waals surface area contributed by atoms with Gasteiger partial charge in [-0.2, -0.15) is 5.26 Å². The number of hydrogen-bond donors (Lipinski definition) is 3. The van der Waals surface area contributed by atoms with E-state index >= 15 is 0 Å². The summed E-state index contributed by atoms with van der Waals surface area (Å²) in [5.41, 5.74) is 6.41. The number of carbonyl (C=O) groups excluding carboxylic acids is 1. The zero-order chi connectivity index (χ0) is 30.1. The second-order valence-electron chi connectivity index (χ2n) is 15.7.